The Morgan fingerprint density at radius 2 is 2.07 bits per heavy atom. The molecule has 2 aromatic carbocycles. The number of nitrogens with zero attached hydrogens (tertiary/aromatic N) is 1. The number of carbonyl (C=O) groups excluding carboxylic acids is 1. The van der Waals surface area contributed by atoms with E-state index in [9.17, 15) is 4.79 Å². The van der Waals surface area contributed by atoms with Gasteiger partial charge in [-0.15, -0.1) is 0 Å². The van der Waals surface area contributed by atoms with Crippen LogP contribution in [0.3, 0.4) is 0 Å². The molecule has 1 fully saturated rings. The molecular formula is C19H18Cl2N4O2. The number of rotatable bonds is 5. The van der Waals surface area contributed by atoms with Gasteiger partial charge in [-0.25, -0.2) is 4.98 Å². The van der Waals surface area contributed by atoms with Crippen LogP contribution >= 0.6 is 23.2 Å². The maximum atomic E-state index is 12.4. The van der Waals surface area contributed by atoms with Crippen molar-refractivity contribution in [1.82, 2.24) is 15.3 Å². The second-order valence-electron chi connectivity index (χ2n) is 6.38. The number of ether oxygens (including phenoxy) is 1. The van der Waals surface area contributed by atoms with Gasteiger partial charge in [0.1, 0.15) is 0 Å². The highest BCUT2D eigenvalue weighted by molar-refractivity contribution is 6.39. The van der Waals surface area contributed by atoms with Crippen LogP contribution < -0.4 is 10.6 Å². The molecule has 27 heavy (non-hydrogen) atoms. The number of hydrogen-bond acceptors (Lipinski definition) is 4. The molecule has 6 nitrogen and oxygen atoms in total. The van der Waals surface area contributed by atoms with E-state index >= 15 is 0 Å². The molecule has 4 rings (SSSR count). The predicted octanol–water partition coefficient (Wildman–Crippen LogP) is 4.52. The van der Waals surface area contributed by atoms with E-state index in [1.807, 2.05) is 0 Å². The summed E-state index contributed by atoms with van der Waals surface area (Å²) in [6.07, 6.45) is 2.15. The standard InChI is InChI=1S/C19H18Cl2N4O2/c20-13-4-1-5-14(21)17(13)25-19-23-15-7-6-11(9-16(15)24-19)18(26)22-10-12-3-2-8-27-12/h1,4-7,9,12H,2-3,8,10H2,(H,22,26)(H2,23,24,25). The third kappa shape index (κ3) is 4.03. The number of carbonyl (C=O) groups is 1. The van der Waals surface area contributed by atoms with Crippen molar-refractivity contribution in [3.63, 3.8) is 0 Å². The molecule has 8 heteroatoms. The van der Waals surface area contributed by atoms with Crippen LogP contribution in [0.1, 0.15) is 23.2 Å². The molecule has 1 aliphatic rings. The maximum absolute atomic E-state index is 12.4. The van der Waals surface area contributed by atoms with Crippen LogP contribution in [0.2, 0.25) is 10.0 Å². The quantitative estimate of drug-likeness (QED) is 0.583. The van der Waals surface area contributed by atoms with Gasteiger partial charge in [0, 0.05) is 18.7 Å². The van der Waals surface area contributed by atoms with Crippen molar-refractivity contribution in [1.29, 1.82) is 0 Å². The highest BCUT2D eigenvalue weighted by atomic mass is 35.5. The summed E-state index contributed by atoms with van der Waals surface area (Å²) in [6.45, 7) is 1.30. The Balaban J connectivity index is 1.50. The van der Waals surface area contributed by atoms with Crippen molar-refractivity contribution in [2.75, 3.05) is 18.5 Å². The van der Waals surface area contributed by atoms with Crippen LogP contribution in [-0.4, -0.2) is 35.1 Å². The molecule has 0 saturated carbocycles. The summed E-state index contributed by atoms with van der Waals surface area (Å²) in [6, 6.07) is 10.6. The normalized spacial score (nSPS) is 16.6. The van der Waals surface area contributed by atoms with E-state index < -0.39 is 0 Å². The second kappa shape index (κ2) is 7.76. The highest BCUT2D eigenvalue weighted by Crippen LogP contribution is 2.32. The number of para-hydroxylation sites is 1. The monoisotopic (exact) mass is 404 g/mol. The third-order valence-corrected chi connectivity index (χ3v) is 5.09. The summed E-state index contributed by atoms with van der Waals surface area (Å²) in [7, 11) is 0. The van der Waals surface area contributed by atoms with Crippen LogP contribution in [0.15, 0.2) is 36.4 Å². The van der Waals surface area contributed by atoms with Crippen LogP contribution in [0.25, 0.3) is 11.0 Å². The Hall–Kier alpha value is -2.28. The number of aromatic nitrogens is 2. The van der Waals surface area contributed by atoms with Crippen LogP contribution in [0.5, 0.6) is 0 Å². The van der Waals surface area contributed by atoms with Crippen molar-refractivity contribution < 1.29 is 9.53 Å². The molecule has 1 atom stereocenters. The Bertz CT molecular complexity index is 963. The number of halogens is 2. The Labute approximate surface area is 166 Å². The third-order valence-electron chi connectivity index (χ3n) is 4.46. The van der Waals surface area contributed by atoms with E-state index in [4.69, 9.17) is 27.9 Å². The average Bonchev–Trinajstić information content (AvgIpc) is 3.31. The van der Waals surface area contributed by atoms with Crippen LogP contribution in [-0.2, 0) is 4.74 Å². The minimum Gasteiger partial charge on any atom is -0.376 e. The van der Waals surface area contributed by atoms with E-state index in [1.54, 1.807) is 36.4 Å². The summed E-state index contributed by atoms with van der Waals surface area (Å²) >= 11 is 12.4. The maximum Gasteiger partial charge on any atom is 0.251 e. The smallest absolute Gasteiger partial charge is 0.251 e. The number of benzene rings is 2. The first-order valence-electron chi connectivity index (χ1n) is 8.71. The number of hydrogen-bond donors (Lipinski definition) is 3. The number of fused-ring (bicyclic) bond motifs is 1. The first-order valence-corrected chi connectivity index (χ1v) is 9.46. The van der Waals surface area contributed by atoms with Gasteiger partial charge in [-0.1, -0.05) is 29.3 Å². The minimum atomic E-state index is -0.134. The van der Waals surface area contributed by atoms with Gasteiger partial charge >= 0.3 is 0 Å². The molecule has 140 valence electrons. The van der Waals surface area contributed by atoms with Crippen molar-refractivity contribution in [3.05, 3.63) is 52.0 Å². The summed E-state index contributed by atoms with van der Waals surface area (Å²) < 4.78 is 5.53. The molecule has 1 amide bonds. The topological polar surface area (TPSA) is 79.0 Å². The van der Waals surface area contributed by atoms with E-state index in [0.29, 0.717) is 33.8 Å². The summed E-state index contributed by atoms with van der Waals surface area (Å²) in [5, 5.41) is 7.01. The molecule has 0 bridgehead atoms. The van der Waals surface area contributed by atoms with Crippen molar-refractivity contribution >= 4 is 51.8 Å². The number of anilines is 2. The minimum absolute atomic E-state index is 0.112. The van der Waals surface area contributed by atoms with E-state index in [1.165, 1.54) is 0 Å². The average molecular weight is 405 g/mol. The number of aromatic amines is 1. The lowest BCUT2D eigenvalue weighted by atomic mass is 10.2. The lowest BCUT2D eigenvalue weighted by Crippen LogP contribution is -2.31. The fourth-order valence-corrected chi connectivity index (χ4v) is 3.55. The van der Waals surface area contributed by atoms with Gasteiger partial charge < -0.3 is 20.4 Å². The van der Waals surface area contributed by atoms with Crippen LogP contribution in [0.4, 0.5) is 11.6 Å². The molecule has 1 unspecified atom stereocenters. The molecular weight excluding hydrogens is 387 g/mol. The zero-order valence-electron chi connectivity index (χ0n) is 14.4. The van der Waals surface area contributed by atoms with E-state index in [-0.39, 0.29) is 12.0 Å². The molecule has 3 aromatic rings. The van der Waals surface area contributed by atoms with Crippen molar-refractivity contribution in [3.8, 4) is 0 Å². The molecule has 0 spiro atoms. The molecule has 0 aliphatic carbocycles. The number of imidazole rings is 1. The second-order valence-corrected chi connectivity index (χ2v) is 7.20. The fraction of sp³-hybridized carbons (Fsp3) is 0.263. The van der Waals surface area contributed by atoms with Gasteiger partial charge in [0.25, 0.3) is 5.91 Å². The number of amides is 1. The van der Waals surface area contributed by atoms with Gasteiger partial charge in [0.15, 0.2) is 0 Å². The van der Waals surface area contributed by atoms with Crippen LogP contribution in [0, 0.1) is 0 Å². The molecule has 1 saturated heterocycles. The summed E-state index contributed by atoms with van der Waals surface area (Å²) in [5.41, 5.74) is 2.61. The number of nitrogens with one attached hydrogen (secondary N) is 3. The van der Waals surface area contributed by atoms with Gasteiger partial charge in [0.2, 0.25) is 5.95 Å². The molecule has 3 N–H and O–H groups in total. The fourth-order valence-electron chi connectivity index (χ4n) is 3.06. The predicted molar refractivity (Wildman–Crippen MR) is 107 cm³/mol. The lowest BCUT2D eigenvalue weighted by molar-refractivity contribution is 0.0858. The zero-order valence-corrected chi connectivity index (χ0v) is 15.9. The van der Waals surface area contributed by atoms with Gasteiger partial charge in [-0.3, -0.25) is 4.79 Å². The molecule has 1 aromatic heterocycles. The summed E-state index contributed by atoms with van der Waals surface area (Å²) in [4.78, 5) is 20.0. The van der Waals surface area contributed by atoms with Gasteiger partial charge in [0.05, 0.1) is 32.9 Å². The largest absolute Gasteiger partial charge is 0.376 e. The zero-order chi connectivity index (χ0) is 18.8. The summed E-state index contributed by atoms with van der Waals surface area (Å²) in [5.74, 6) is 0.363. The first kappa shape index (κ1) is 18.1. The van der Waals surface area contributed by atoms with Gasteiger partial charge in [-0.05, 0) is 43.2 Å². The van der Waals surface area contributed by atoms with E-state index in [2.05, 4.69) is 20.6 Å². The Kier molecular flexibility index (Phi) is 5.20. The number of H-pyrrole nitrogens is 1. The highest BCUT2D eigenvalue weighted by Gasteiger charge is 2.17. The lowest BCUT2D eigenvalue weighted by Gasteiger charge is -2.10. The van der Waals surface area contributed by atoms with E-state index in [0.717, 1.165) is 30.5 Å². The Morgan fingerprint density at radius 3 is 2.81 bits per heavy atom. The first-order chi connectivity index (χ1) is 13.1. The molecule has 1 aliphatic heterocycles. The molecule has 0 radical (unpaired) electrons. The SMILES string of the molecule is O=C(NCC1CCCO1)c1ccc2nc(Nc3c(Cl)cccc3Cl)[nH]c2c1. The Morgan fingerprint density at radius 1 is 1.26 bits per heavy atom. The van der Waals surface area contributed by atoms with Crippen molar-refractivity contribution in [2.24, 2.45) is 0 Å². The molecule has 2 heterocycles. The van der Waals surface area contributed by atoms with Crippen molar-refractivity contribution in [2.45, 2.75) is 18.9 Å². The van der Waals surface area contributed by atoms with Gasteiger partial charge in [-0.2, -0.15) is 0 Å².